The summed E-state index contributed by atoms with van der Waals surface area (Å²) < 4.78 is 14.5. The number of rotatable bonds is 4. The quantitative estimate of drug-likeness (QED) is 0.393. The number of carbonyl (C=O) groups excluding carboxylic acids is 2. The number of hydrogen-bond donors (Lipinski definition) is 0. The molecule has 0 aliphatic carbocycles. The maximum atomic E-state index is 11.2. The molecule has 5 nitrogen and oxygen atoms in total. The Bertz CT molecular complexity index is 280. The Hall–Kier alpha value is -1.36. The van der Waals surface area contributed by atoms with Crippen LogP contribution in [-0.2, 0) is 23.8 Å². The summed E-state index contributed by atoms with van der Waals surface area (Å²) >= 11 is 0. The predicted molar refractivity (Wildman–Crippen MR) is 50.8 cm³/mol. The molecule has 1 fully saturated rings. The highest BCUT2D eigenvalue weighted by Gasteiger charge is 2.29. The fourth-order valence-corrected chi connectivity index (χ4v) is 0.936. The second kappa shape index (κ2) is 4.93. The normalized spacial score (nSPS) is 21.1. The lowest BCUT2D eigenvalue weighted by Gasteiger charge is -2.25. The van der Waals surface area contributed by atoms with Crippen molar-refractivity contribution in [1.29, 1.82) is 0 Å². The Labute approximate surface area is 88.0 Å². The third kappa shape index (κ3) is 3.36. The molecule has 15 heavy (non-hydrogen) atoms. The summed E-state index contributed by atoms with van der Waals surface area (Å²) in [5, 5.41) is 0. The smallest absolute Gasteiger partial charge is 0.338 e. The van der Waals surface area contributed by atoms with Crippen LogP contribution in [0.3, 0.4) is 0 Å². The molecule has 0 bridgehead atoms. The molecule has 0 N–H and O–H groups in total. The van der Waals surface area contributed by atoms with E-state index in [9.17, 15) is 9.59 Å². The van der Waals surface area contributed by atoms with Crippen LogP contribution in [-0.4, -0.2) is 30.9 Å². The van der Waals surface area contributed by atoms with Gasteiger partial charge in [-0.1, -0.05) is 6.58 Å². The Kier molecular flexibility index (Phi) is 3.85. The van der Waals surface area contributed by atoms with Crippen molar-refractivity contribution >= 4 is 11.9 Å². The zero-order chi connectivity index (χ0) is 11.4. The van der Waals surface area contributed by atoms with Crippen LogP contribution in [0.1, 0.15) is 20.3 Å². The summed E-state index contributed by atoms with van der Waals surface area (Å²) in [5.74, 6) is -1.08. The van der Waals surface area contributed by atoms with Crippen LogP contribution in [0, 0.1) is 0 Å². The van der Waals surface area contributed by atoms with Gasteiger partial charge in [-0.15, -0.1) is 0 Å². The third-order valence-electron chi connectivity index (χ3n) is 1.87. The van der Waals surface area contributed by atoms with Crippen molar-refractivity contribution in [3.05, 3.63) is 12.2 Å². The molecule has 0 spiro atoms. The molecule has 2 unspecified atom stereocenters. The minimum atomic E-state index is -0.911. The van der Waals surface area contributed by atoms with Crippen molar-refractivity contribution in [2.75, 3.05) is 6.61 Å². The topological polar surface area (TPSA) is 61.8 Å². The Morgan fingerprint density at radius 3 is 2.47 bits per heavy atom. The number of hydrogen-bond acceptors (Lipinski definition) is 5. The number of esters is 2. The van der Waals surface area contributed by atoms with Gasteiger partial charge in [-0.2, -0.15) is 0 Å². The fourth-order valence-electron chi connectivity index (χ4n) is 0.936. The van der Waals surface area contributed by atoms with E-state index in [0.717, 1.165) is 0 Å². The monoisotopic (exact) mass is 214 g/mol. The molecule has 0 radical (unpaired) electrons. The molecule has 5 heteroatoms. The van der Waals surface area contributed by atoms with Crippen molar-refractivity contribution in [2.45, 2.75) is 32.7 Å². The van der Waals surface area contributed by atoms with Crippen molar-refractivity contribution in [3.8, 4) is 0 Å². The highest BCUT2D eigenvalue weighted by Crippen LogP contribution is 2.13. The summed E-state index contributed by atoms with van der Waals surface area (Å²) in [6.07, 6.45) is -0.762. The molecule has 0 aromatic heterocycles. The third-order valence-corrected chi connectivity index (χ3v) is 1.87. The van der Waals surface area contributed by atoms with Gasteiger partial charge in [-0.25, -0.2) is 9.59 Å². The van der Waals surface area contributed by atoms with Crippen LogP contribution < -0.4 is 0 Å². The summed E-state index contributed by atoms with van der Waals surface area (Å²) in [6, 6.07) is 0. The zero-order valence-corrected chi connectivity index (χ0v) is 8.82. The molecule has 0 aromatic carbocycles. The first-order valence-electron chi connectivity index (χ1n) is 4.69. The highest BCUT2D eigenvalue weighted by molar-refractivity contribution is 5.87. The summed E-state index contributed by atoms with van der Waals surface area (Å²) in [7, 11) is 0. The predicted octanol–water partition coefficient (Wildman–Crippen LogP) is 0.784. The minimum Gasteiger partial charge on any atom is -0.424 e. The van der Waals surface area contributed by atoms with Gasteiger partial charge < -0.3 is 14.2 Å². The van der Waals surface area contributed by atoms with Gasteiger partial charge in [0, 0.05) is 18.9 Å². The van der Waals surface area contributed by atoms with Gasteiger partial charge >= 0.3 is 11.9 Å². The first-order chi connectivity index (χ1) is 7.00. The van der Waals surface area contributed by atoms with Gasteiger partial charge in [0.05, 0.1) is 6.61 Å². The van der Waals surface area contributed by atoms with Crippen molar-refractivity contribution < 1.29 is 23.8 Å². The van der Waals surface area contributed by atoms with E-state index >= 15 is 0 Å². The van der Waals surface area contributed by atoms with E-state index < -0.39 is 24.3 Å². The van der Waals surface area contributed by atoms with Crippen molar-refractivity contribution in [3.63, 3.8) is 0 Å². The van der Waals surface area contributed by atoms with Gasteiger partial charge in [0.15, 0.2) is 6.10 Å². The lowest BCUT2D eigenvalue weighted by Crippen LogP contribution is -2.38. The zero-order valence-electron chi connectivity index (χ0n) is 8.82. The van der Waals surface area contributed by atoms with Crippen molar-refractivity contribution in [2.24, 2.45) is 0 Å². The SMILES string of the molecule is C=C(C)C(=O)OC(C)OC(=O)C1CCO1. The largest absolute Gasteiger partial charge is 0.424 e. The van der Waals surface area contributed by atoms with Crippen LogP contribution in [0.15, 0.2) is 12.2 Å². The molecule has 0 saturated carbocycles. The van der Waals surface area contributed by atoms with E-state index in [2.05, 4.69) is 6.58 Å². The van der Waals surface area contributed by atoms with Crippen LogP contribution in [0.5, 0.6) is 0 Å². The Balaban J connectivity index is 2.28. The molecule has 1 rings (SSSR count). The molecule has 1 saturated heterocycles. The molecule has 84 valence electrons. The number of carbonyl (C=O) groups is 2. The van der Waals surface area contributed by atoms with Gasteiger partial charge in [-0.3, -0.25) is 0 Å². The molecular weight excluding hydrogens is 200 g/mol. The second-order valence-electron chi connectivity index (χ2n) is 3.34. The van der Waals surface area contributed by atoms with Crippen LogP contribution in [0.2, 0.25) is 0 Å². The van der Waals surface area contributed by atoms with E-state index in [4.69, 9.17) is 14.2 Å². The number of ether oxygens (including phenoxy) is 3. The van der Waals surface area contributed by atoms with E-state index in [-0.39, 0.29) is 5.57 Å². The first-order valence-corrected chi connectivity index (χ1v) is 4.69. The van der Waals surface area contributed by atoms with Crippen LogP contribution >= 0.6 is 0 Å². The van der Waals surface area contributed by atoms with Gasteiger partial charge in [0.1, 0.15) is 0 Å². The van der Waals surface area contributed by atoms with Crippen molar-refractivity contribution in [1.82, 2.24) is 0 Å². The molecular formula is C10H14O5. The van der Waals surface area contributed by atoms with Gasteiger partial charge in [0.25, 0.3) is 0 Å². The molecule has 1 aliphatic rings. The summed E-state index contributed by atoms with van der Waals surface area (Å²) in [4.78, 5) is 22.3. The molecule has 0 aromatic rings. The van der Waals surface area contributed by atoms with Crippen LogP contribution in [0.4, 0.5) is 0 Å². The van der Waals surface area contributed by atoms with E-state index in [0.29, 0.717) is 13.0 Å². The van der Waals surface area contributed by atoms with Gasteiger partial charge in [0.2, 0.25) is 6.29 Å². The maximum absolute atomic E-state index is 11.2. The average molecular weight is 214 g/mol. The molecule has 1 aliphatic heterocycles. The standard InChI is InChI=1S/C10H14O5/c1-6(2)9(11)14-7(3)15-10(12)8-4-5-13-8/h7-8H,1,4-5H2,2-3H3. The lowest BCUT2D eigenvalue weighted by atomic mass is 10.2. The van der Waals surface area contributed by atoms with E-state index in [1.807, 2.05) is 0 Å². The first kappa shape index (κ1) is 11.7. The van der Waals surface area contributed by atoms with E-state index in [1.165, 1.54) is 13.8 Å². The van der Waals surface area contributed by atoms with Gasteiger partial charge in [-0.05, 0) is 6.92 Å². The molecule has 2 atom stereocenters. The highest BCUT2D eigenvalue weighted by atomic mass is 16.7. The maximum Gasteiger partial charge on any atom is 0.338 e. The fraction of sp³-hybridized carbons (Fsp3) is 0.600. The lowest BCUT2D eigenvalue weighted by molar-refractivity contribution is -0.198. The Morgan fingerprint density at radius 2 is 2.07 bits per heavy atom. The summed E-state index contributed by atoms with van der Waals surface area (Å²) in [6.45, 7) is 6.97. The minimum absolute atomic E-state index is 0.262. The molecule has 0 amide bonds. The Morgan fingerprint density at radius 1 is 1.47 bits per heavy atom. The van der Waals surface area contributed by atoms with E-state index in [1.54, 1.807) is 0 Å². The molecule has 1 heterocycles. The average Bonchev–Trinajstić information content (AvgIpc) is 1.99. The second-order valence-corrected chi connectivity index (χ2v) is 3.34. The van der Waals surface area contributed by atoms with Crippen LogP contribution in [0.25, 0.3) is 0 Å². The summed E-state index contributed by atoms with van der Waals surface area (Å²) in [5.41, 5.74) is 0.262.